The van der Waals surface area contributed by atoms with E-state index < -0.39 is 54.0 Å². The first-order valence-electron chi connectivity index (χ1n) is 16.0. The topological polar surface area (TPSA) is 150 Å². The lowest BCUT2D eigenvalue weighted by molar-refractivity contribution is -0.164. The fourth-order valence-corrected chi connectivity index (χ4v) is 6.34. The zero-order valence-electron chi connectivity index (χ0n) is 28.4. The number of phenols is 1. The van der Waals surface area contributed by atoms with Crippen molar-refractivity contribution >= 4 is 46.2 Å². The Labute approximate surface area is 286 Å². The molecule has 0 aliphatic carbocycles. The Morgan fingerprint density at radius 2 is 1.65 bits per heavy atom. The first kappa shape index (κ1) is 36.5. The molecular formula is C36H45ClN4O7. The maximum atomic E-state index is 14.4. The van der Waals surface area contributed by atoms with Gasteiger partial charge in [-0.1, -0.05) is 67.4 Å². The number of benzene rings is 2. The lowest BCUT2D eigenvalue weighted by atomic mass is 9.95. The van der Waals surface area contributed by atoms with E-state index in [1.807, 2.05) is 44.2 Å². The van der Waals surface area contributed by atoms with Crippen LogP contribution in [0.25, 0.3) is 10.9 Å². The molecule has 3 aromatic rings. The van der Waals surface area contributed by atoms with Gasteiger partial charge in [-0.15, -0.1) is 0 Å². The van der Waals surface area contributed by atoms with E-state index >= 15 is 0 Å². The normalized spacial score (nSPS) is 28.1. The smallest absolute Gasteiger partial charge is 0.338 e. The summed E-state index contributed by atoms with van der Waals surface area (Å²) in [4.78, 5) is 59.6. The number of methoxy groups -OCH3 is 1. The van der Waals surface area contributed by atoms with E-state index in [4.69, 9.17) is 21.1 Å². The monoisotopic (exact) mass is 680 g/mol. The molecule has 4 N–H and O–H groups in total. The highest BCUT2D eigenvalue weighted by atomic mass is 35.5. The van der Waals surface area contributed by atoms with Crippen LogP contribution in [0.4, 0.5) is 0 Å². The largest absolute Gasteiger partial charge is 0.508 e. The number of phenolic OH excluding ortho intramolecular Hbond substituents is 1. The standard InChI is InChI=1S/C36H45ClN4O7/c1-19-16-20(2)23(5)48-36(46)31(47-7)30(24-12-14-25(42)15-13-24)40-34(44)29(18-27-26-10-8-9-11-28(26)39-32(27)37)41(6)35(45)22(4)38-33(43)21(3)17-19/h8-16,20-23,29-31,39,42H,17-18H2,1-7H3,(H,38,43)(H,40,44)/b19-16+/t20-,21+,22-,23-,29+,30+,31-/m0/s1. The van der Waals surface area contributed by atoms with Crippen molar-refractivity contribution in [3.8, 4) is 5.75 Å². The van der Waals surface area contributed by atoms with Gasteiger partial charge in [-0.05, 0) is 56.5 Å². The first-order chi connectivity index (χ1) is 22.7. The zero-order valence-corrected chi connectivity index (χ0v) is 29.1. The second-order valence-corrected chi connectivity index (χ2v) is 13.1. The third-order valence-corrected chi connectivity index (χ3v) is 9.33. The summed E-state index contributed by atoms with van der Waals surface area (Å²) in [6.07, 6.45) is 0.547. The number of aromatic hydroxyl groups is 1. The number of allylic oxidation sites excluding steroid dienone is 1. The number of amides is 3. The molecule has 2 aromatic carbocycles. The van der Waals surface area contributed by atoms with Gasteiger partial charge in [0.2, 0.25) is 17.7 Å². The predicted molar refractivity (Wildman–Crippen MR) is 183 cm³/mol. The number of para-hydroxylation sites is 1. The Balaban J connectivity index is 1.82. The second-order valence-electron chi connectivity index (χ2n) is 12.7. The molecule has 48 heavy (non-hydrogen) atoms. The third-order valence-electron chi connectivity index (χ3n) is 9.01. The van der Waals surface area contributed by atoms with Gasteiger partial charge in [-0.3, -0.25) is 14.4 Å². The van der Waals surface area contributed by atoms with Crippen molar-refractivity contribution in [2.45, 2.75) is 77.8 Å². The zero-order chi connectivity index (χ0) is 35.3. The van der Waals surface area contributed by atoms with Gasteiger partial charge in [0.15, 0.2) is 6.10 Å². The number of cyclic esters (lactones) is 1. The van der Waals surface area contributed by atoms with Crippen molar-refractivity contribution < 1.29 is 33.8 Å². The van der Waals surface area contributed by atoms with Crippen LogP contribution in [-0.4, -0.2) is 77.1 Å². The Bertz CT molecular complexity index is 1670. The van der Waals surface area contributed by atoms with Crippen LogP contribution in [0.2, 0.25) is 5.15 Å². The summed E-state index contributed by atoms with van der Waals surface area (Å²) in [5.41, 5.74) is 2.77. The van der Waals surface area contributed by atoms with Crippen molar-refractivity contribution in [2.75, 3.05) is 14.2 Å². The molecule has 0 saturated heterocycles. The molecule has 0 radical (unpaired) electrons. The molecule has 0 saturated carbocycles. The summed E-state index contributed by atoms with van der Waals surface area (Å²) in [7, 11) is 2.84. The Morgan fingerprint density at radius 3 is 2.31 bits per heavy atom. The fraction of sp³-hybridized carbons (Fsp3) is 0.444. The van der Waals surface area contributed by atoms with Crippen molar-refractivity contribution in [3.05, 3.63) is 76.5 Å². The SMILES string of the molecule is CO[C@@H]1C(=O)O[C@@H](C)[C@@H](C)/C=C(\C)C[C@@H](C)C(=O)N[C@@H](C)C(=O)N(C)[C@H](Cc2c(Cl)[nH]c3ccccc23)C(=O)N[C@@H]1c1ccc(O)cc1. The number of hydrogen-bond acceptors (Lipinski definition) is 7. The molecule has 3 amide bonds. The van der Waals surface area contributed by atoms with Crippen LogP contribution < -0.4 is 10.6 Å². The number of nitrogens with one attached hydrogen (secondary N) is 3. The van der Waals surface area contributed by atoms with Gasteiger partial charge < -0.3 is 35.1 Å². The molecule has 0 bridgehead atoms. The minimum Gasteiger partial charge on any atom is -0.508 e. The third kappa shape index (κ3) is 8.38. The van der Waals surface area contributed by atoms with Crippen molar-refractivity contribution in [1.82, 2.24) is 20.5 Å². The maximum Gasteiger partial charge on any atom is 0.338 e. The van der Waals surface area contributed by atoms with Crippen molar-refractivity contribution in [1.29, 1.82) is 0 Å². The first-order valence-corrected chi connectivity index (χ1v) is 16.4. The van der Waals surface area contributed by atoms with Crippen molar-refractivity contribution in [3.63, 3.8) is 0 Å². The van der Waals surface area contributed by atoms with Crippen LogP contribution in [0.3, 0.4) is 0 Å². The number of nitrogens with zero attached hydrogens (tertiary/aromatic N) is 1. The van der Waals surface area contributed by atoms with Gasteiger partial charge >= 0.3 is 5.97 Å². The number of rotatable bonds is 4. The van der Waals surface area contributed by atoms with Crippen LogP contribution in [0.5, 0.6) is 5.75 Å². The number of aromatic amines is 1. The average molecular weight is 681 g/mol. The number of hydrogen-bond donors (Lipinski definition) is 4. The molecule has 0 unspecified atom stereocenters. The van der Waals surface area contributed by atoms with Gasteiger partial charge in [0.25, 0.3) is 0 Å². The summed E-state index contributed by atoms with van der Waals surface area (Å²) in [6, 6.07) is 10.3. The molecule has 7 atom stereocenters. The van der Waals surface area contributed by atoms with Crippen LogP contribution in [0, 0.1) is 11.8 Å². The number of esters is 1. The van der Waals surface area contributed by atoms with Crippen LogP contribution in [0.1, 0.15) is 58.2 Å². The highest BCUT2D eigenvalue weighted by molar-refractivity contribution is 6.31. The highest BCUT2D eigenvalue weighted by Crippen LogP contribution is 2.30. The number of H-pyrrole nitrogens is 1. The molecule has 258 valence electrons. The van der Waals surface area contributed by atoms with Crippen LogP contribution >= 0.6 is 11.6 Å². The van der Waals surface area contributed by atoms with Gasteiger partial charge in [-0.25, -0.2) is 4.79 Å². The van der Waals surface area contributed by atoms with E-state index in [1.54, 1.807) is 32.9 Å². The van der Waals surface area contributed by atoms with E-state index in [-0.39, 0.29) is 24.0 Å². The van der Waals surface area contributed by atoms with E-state index in [2.05, 4.69) is 15.6 Å². The molecule has 2 heterocycles. The van der Waals surface area contributed by atoms with Crippen LogP contribution in [0.15, 0.2) is 60.2 Å². The Kier molecular flexibility index (Phi) is 11.9. The van der Waals surface area contributed by atoms with E-state index in [0.29, 0.717) is 22.7 Å². The Hall–Kier alpha value is -4.35. The quantitative estimate of drug-likeness (QED) is 0.228. The lowest BCUT2D eigenvalue weighted by Crippen LogP contribution is -2.56. The van der Waals surface area contributed by atoms with Crippen molar-refractivity contribution in [2.24, 2.45) is 11.8 Å². The average Bonchev–Trinajstić information content (AvgIpc) is 3.36. The number of ether oxygens (including phenoxy) is 2. The predicted octanol–water partition coefficient (Wildman–Crippen LogP) is 4.83. The van der Waals surface area contributed by atoms with Crippen LogP contribution in [-0.2, 0) is 35.1 Å². The number of fused-ring (bicyclic) bond motifs is 1. The van der Waals surface area contributed by atoms with E-state index in [9.17, 15) is 24.3 Å². The molecule has 4 rings (SSSR count). The summed E-state index contributed by atoms with van der Waals surface area (Å²) in [5.74, 6) is -2.76. The summed E-state index contributed by atoms with van der Waals surface area (Å²) in [6.45, 7) is 8.94. The number of halogens is 1. The summed E-state index contributed by atoms with van der Waals surface area (Å²) < 4.78 is 11.6. The lowest BCUT2D eigenvalue weighted by Gasteiger charge is -2.33. The number of likely N-dealkylation sites (N-methyl/N-ethyl adjacent to an activating group) is 1. The molecule has 0 spiro atoms. The molecular weight excluding hydrogens is 636 g/mol. The number of aromatic nitrogens is 1. The highest BCUT2D eigenvalue weighted by Gasteiger charge is 2.38. The minimum atomic E-state index is -1.28. The summed E-state index contributed by atoms with van der Waals surface area (Å²) >= 11 is 6.65. The fourth-order valence-electron chi connectivity index (χ4n) is 6.06. The maximum absolute atomic E-state index is 14.4. The molecule has 0 fully saturated rings. The van der Waals surface area contributed by atoms with E-state index in [0.717, 1.165) is 16.5 Å². The van der Waals surface area contributed by atoms with Gasteiger partial charge in [0, 0.05) is 43.3 Å². The number of carbonyl (C=O) groups is 4. The second kappa shape index (κ2) is 15.7. The van der Waals surface area contributed by atoms with Gasteiger partial charge in [-0.2, -0.15) is 0 Å². The number of carbonyl (C=O) groups excluding carboxylic acids is 4. The van der Waals surface area contributed by atoms with Gasteiger partial charge in [0.1, 0.15) is 29.1 Å². The molecule has 12 heteroatoms. The summed E-state index contributed by atoms with van der Waals surface area (Å²) in [5, 5.41) is 16.8. The molecule has 11 nitrogen and oxygen atoms in total. The molecule has 1 aliphatic rings. The minimum absolute atomic E-state index is 0.00560. The van der Waals surface area contributed by atoms with Gasteiger partial charge in [0.05, 0.1) is 6.04 Å². The van der Waals surface area contributed by atoms with E-state index in [1.165, 1.54) is 31.2 Å². The molecule has 1 aromatic heterocycles. The molecule has 1 aliphatic heterocycles. The Morgan fingerprint density at radius 1 is 0.979 bits per heavy atom.